The highest BCUT2D eigenvalue weighted by molar-refractivity contribution is 5.87. The van der Waals surface area contributed by atoms with E-state index in [1.165, 1.54) is 43.7 Å². The molecule has 2 aromatic rings. The Hall–Kier alpha value is -3.41. The summed E-state index contributed by atoms with van der Waals surface area (Å²) in [6.07, 6.45) is 4.39. The first-order valence-electron chi connectivity index (χ1n) is 8.83. The van der Waals surface area contributed by atoms with E-state index in [0.717, 1.165) is 12.8 Å². The van der Waals surface area contributed by atoms with E-state index in [9.17, 15) is 14.4 Å². The van der Waals surface area contributed by atoms with E-state index in [4.69, 9.17) is 14.2 Å². The van der Waals surface area contributed by atoms with E-state index in [2.05, 4.69) is 0 Å². The Balaban J connectivity index is 1.90. The van der Waals surface area contributed by atoms with E-state index in [0.29, 0.717) is 12.2 Å². The summed E-state index contributed by atoms with van der Waals surface area (Å²) in [6.45, 7) is 2.81. The molecule has 0 radical (unpaired) electrons. The zero-order chi connectivity index (χ0) is 20.4. The maximum Gasteiger partial charge on any atom is 0.330 e. The second-order valence-electron chi connectivity index (χ2n) is 5.98. The molecule has 0 fully saturated rings. The molecule has 2 aromatic carbocycles. The molecule has 0 bridgehead atoms. The monoisotopic (exact) mass is 382 g/mol. The highest BCUT2D eigenvalue weighted by Crippen LogP contribution is 2.29. The summed E-state index contributed by atoms with van der Waals surface area (Å²) < 4.78 is 15.2. The van der Waals surface area contributed by atoms with Gasteiger partial charge in [-0.1, -0.05) is 36.4 Å². The van der Waals surface area contributed by atoms with Gasteiger partial charge in [0.15, 0.2) is 11.5 Å². The van der Waals surface area contributed by atoms with Crippen molar-refractivity contribution in [2.75, 3.05) is 6.61 Å². The molecule has 0 aliphatic rings. The molecule has 0 aromatic heterocycles. The molecule has 0 unspecified atom stereocenters. The van der Waals surface area contributed by atoms with Gasteiger partial charge in [0.2, 0.25) is 0 Å². The predicted octanol–water partition coefficient (Wildman–Crippen LogP) is 3.73. The number of aryl methyl sites for hydroxylation is 1. The molecule has 0 heterocycles. The molecule has 0 saturated heterocycles. The van der Waals surface area contributed by atoms with Crippen molar-refractivity contribution in [2.45, 2.75) is 26.7 Å². The van der Waals surface area contributed by atoms with Gasteiger partial charge in [0, 0.05) is 19.9 Å². The number of carbonyl (C=O) groups is 3. The Morgan fingerprint density at radius 3 is 2.25 bits per heavy atom. The first kappa shape index (κ1) is 20.9. The molecule has 6 heteroatoms. The quantitative estimate of drug-likeness (QED) is 0.300. The van der Waals surface area contributed by atoms with Gasteiger partial charge in [-0.2, -0.15) is 0 Å². The molecular formula is C22H22O6. The summed E-state index contributed by atoms with van der Waals surface area (Å²) in [4.78, 5) is 34.2. The van der Waals surface area contributed by atoms with Crippen molar-refractivity contribution in [3.8, 4) is 11.5 Å². The molecule has 0 N–H and O–H groups in total. The van der Waals surface area contributed by atoms with E-state index >= 15 is 0 Å². The van der Waals surface area contributed by atoms with Crippen LogP contribution in [0.3, 0.4) is 0 Å². The van der Waals surface area contributed by atoms with Gasteiger partial charge in [-0.15, -0.1) is 0 Å². The Labute approximate surface area is 163 Å². The summed E-state index contributed by atoms with van der Waals surface area (Å²) in [5.41, 5.74) is 1.79. The Bertz CT molecular complexity index is 855. The minimum atomic E-state index is -0.549. The smallest absolute Gasteiger partial charge is 0.330 e. The fourth-order valence-electron chi connectivity index (χ4n) is 2.41. The number of esters is 3. The van der Waals surface area contributed by atoms with Crippen LogP contribution in [-0.2, 0) is 25.5 Å². The molecule has 0 spiro atoms. The molecule has 0 aliphatic heterocycles. The number of hydrogen-bond acceptors (Lipinski definition) is 6. The van der Waals surface area contributed by atoms with Crippen LogP contribution in [0.5, 0.6) is 11.5 Å². The van der Waals surface area contributed by atoms with Crippen molar-refractivity contribution in [3.63, 3.8) is 0 Å². The number of hydrogen-bond donors (Lipinski definition) is 0. The summed E-state index contributed by atoms with van der Waals surface area (Å²) in [7, 11) is 0. The predicted molar refractivity (Wildman–Crippen MR) is 104 cm³/mol. The van der Waals surface area contributed by atoms with E-state index < -0.39 is 17.9 Å². The fraction of sp³-hybridized carbons (Fsp3) is 0.227. The number of carbonyl (C=O) groups excluding carboxylic acids is 3. The highest BCUT2D eigenvalue weighted by atomic mass is 16.6. The molecule has 0 aliphatic carbocycles. The Kier molecular flexibility index (Phi) is 7.96. The van der Waals surface area contributed by atoms with Gasteiger partial charge in [0.05, 0.1) is 6.61 Å². The maximum atomic E-state index is 11.8. The van der Waals surface area contributed by atoms with Crippen LogP contribution in [0, 0.1) is 0 Å². The van der Waals surface area contributed by atoms with Gasteiger partial charge in [-0.25, -0.2) is 4.79 Å². The van der Waals surface area contributed by atoms with Crippen LogP contribution in [-0.4, -0.2) is 24.5 Å². The molecule has 0 atom stereocenters. The van der Waals surface area contributed by atoms with E-state index in [1.807, 2.05) is 30.3 Å². The second-order valence-corrected chi connectivity index (χ2v) is 5.98. The average molecular weight is 382 g/mol. The molecule has 28 heavy (non-hydrogen) atoms. The zero-order valence-corrected chi connectivity index (χ0v) is 15.8. The standard InChI is InChI=1S/C22H22O6/c1-16(23)27-20-12-10-19(15-21(20)28-17(2)24)11-13-22(25)26-14-6-9-18-7-4-3-5-8-18/h3-5,7-8,10-13,15H,6,9,14H2,1-2H3/b13-11+. The van der Waals surface area contributed by atoms with Crippen LogP contribution >= 0.6 is 0 Å². The van der Waals surface area contributed by atoms with Crippen LogP contribution in [0.1, 0.15) is 31.4 Å². The zero-order valence-electron chi connectivity index (χ0n) is 15.8. The topological polar surface area (TPSA) is 78.9 Å². The van der Waals surface area contributed by atoms with Gasteiger partial charge in [-0.05, 0) is 42.2 Å². The number of benzene rings is 2. The van der Waals surface area contributed by atoms with Crippen molar-refractivity contribution in [1.82, 2.24) is 0 Å². The number of ether oxygens (including phenoxy) is 3. The van der Waals surface area contributed by atoms with Gasteiger partial charge < -0.3 is 14.2 Å². The van der Waals surface area contributed by atoms with Crippen molar-refractivity contribution >= 4 is 24.0 Å². The second kappa shape index (κ2) is 10.7. The highest BCUT2D eigenvalue weighted by Gasteiger charge is 2.10. The van der Waals surface area contributed by atoms with Crippen molar-refractivity contribution < 1.29 is 28.6 Å². The van der Waals surface area contributed by atoms with Crippen LogP contribution in [0.15, 0.2) is 54.6 Å². The van der Waals surface area contributed by atoms with Crippen LogP contribution in [0.25, 0.3) is 6.08 Å². The lowest BCUT2D eigenvalue weighted by atomic mass is 10.1. The fourth-order valence-corrected chi connectivity index (χ4v) is 2.41. The van der Waals surface area contributed by atoms with Gasteiger partial charge in [0.25, 0.3) is 0 Å². The maximum absolute atomic E-state index is 11.8. The minimum absolute atomic E-state index is 0.0982. The van der Waals surface area contributed by atoms with Gasteiger partial charge in [0.1, 0.15) is 0 Å². The Morgan fingerprint density at radius 2 is 1.57 bits per heavy atom. The molecular weight excluding hydrogens is 360 g/mol. The van der Waals surface area contributed by atoms with Gasteiger partial charge in [-0.3, -0.25) is 9.59 Å². The van der Waals surface area contributed by atoms with E-state index in [-0.39, 0.29) is 11.5 Å². The van der Waals surface area contributed by atoms with Crippen LogP contribution < -0.4 is 9.47 Å². The molecule has 0 saturated carbocycles. The summed E-state index contributed by atoms with van der Waals surface area (Å²) >= 11 is 0. The first-order chi connectivity index (χ1) is 13.4. The first-order valence-corrected chi connectivity index (χ1v) is 8.83. The summed E-state index contributed by atoms with van der Waals surface area (Å²) in [6, 6.07) is 14.6. The SMILES string of the molecule is CC(=O)Oc1ccc(/C=C/C(=O)OCCCc2ccccc2)cc1OC(C)=O. The third-order valence-corrected chi connectivity index (χ3v) is 3.58. The lowest BCUT2D eigenvalue weighted by Crippen LogP contribution is -2.07. The van der Waals surface area contributed by atoms with Crippen molar-refractivity contribution in [1.29, 1.82) is 0 Å². The lowest BCUT2D eigenvalue weighted by Gasteiger charge is -2.09. The lowest BCUT2D eigenvalue weighted by molar-refractivity contribution is -0.137. The Morgan fingerprint density at radius 1 is 0.893 bits per heavy atom. The van der Waals surface area contributed by atoms with Crippen LogP contribution in [0.4, 0.5) is 0 Å². The average Bonchev–Trinajstić information content (AvgIpc) is 2.65. The molecule has 146 valence electrons. The molecule has 6 nitrogen and oxygen atoms in total. The number of rotatable bonds is 8. The third kappa shape index (κ3) is 7.45. The summed E-state index contributed by atoms with van der Waals surface area (Å²) in [5.74, 6) is -1.32. The molecule has 0 amide bonds. The van der Waals surface area contributed by atoms with Crippen molar-refractivity contribution in [2.24, 2.45) is 0 Å². The summed E-state index contributed by atoms with van der Waals surface area (Å²) in [5, 5.41) is 0. The minimum Gasteiger partial charge on any atom is -0.463 e. The van der Waals surface area contributed by atoms with E-state index in [1.54, 1.807) is 6.07 Å². The van der Waals surface area contributed by atoms with Crippen molar-refractivity contribution in [3.05, 3.63) is 65.7 Å². The third-order valence-electron chi connectivity index (χ3n) is 3.58. The normalized spacial score (nSPS) is 10.5. The van der Waals surface area contributed by atoms with Gasteiger partial charge >= 0.3 is 17.9 Å². The van der Waals surface area contributed by atoms with Crippen LogP contribution in [0.2, 0.25) is 0 Å². The largest absolute Gasteiger partial charge is 0.463 e. The molecule has 2 rings (SSSR count).